The summed E-state index contributed by atoms with van der Waals surface area (Å²) in [6.07, 6.45) is 4.81. The SMILES string of the molecule is CC1(C(=O)NCC2=CCNCC2)CCCN(C(=O)c2ccccc2)C1.Cl. The van der Waals surface area contributed by atoms with E-state index in [0.29, 0.717) is 25.2 Å². The van der Waals surface area contributed by atoms with Gasteiger partial charge >= 0.3 is 0 Å². The van der Waals surface area contributed by atoms with Crippen LogP contribution in [0.25, 0.3) is 0 Å². The summed E-state index contributed by atoms with van der Waals surface area (Å²) in [5.74, 6) is 0.0675. The van der Waals surface area contributed by atoms with E-state index in [1.807, 2.05) is 42.2 Å². The molecule has 26 heavy (non-hydrogen) atoms. The van der Waals surface area contributed by atoms with Gasteiger partial charge in [-0.3, -0.25) is 9.59 Å². The molecule has 0 saturated carbocycles. The number of rotatable bonds is 4. The monoisotopic (exact) mass is 377 g/mol. The van der Waals surface area contributed by atoms with E-state index in [0.717, 1.165) is 32.4 Å². The zero-order valence-corrected chi connectivity index (χ0v) is 16.1. The van der Waals surface area contributed by atoms with Crippen molar-refractivity contribution in [3.05, 3.63) is 47.5 Å². The van der Waals surface area contributed by atoms with Crippen LogP contribution in [0.5, 0.6) is 0 Å². The third kappa shape index (κ3) is 4.86. The van der Waals surface area contributed by atoms with Gasteiger partial charge in [-0.15, -0.1) is 12.4 Å². The molecule has 0 aliphatic carbocycles. The minimum atomic E-state index is -0.518. The van der Waals surface area contributed by atoms with E-state index >= 15 is 0 Å². The van der Waals surface area contributed by atoms with Crippen molar-refractivity contribution in [3.8, 4) is 0 Å². The second kappa shape index (κ2) is 9.19. The molecule has 1 fully saturated rings. The van der Waals surface area contributed by atoms with Crippen LogP contribution in [-0.4, -0.2) is 49.4 Å². The Morgan fingerprint density at radius 2 is 2.04 bits per heavy atom. The van der Waals surface area contributed by atoms with Crippen molar-refractivity contribution in [1.29, 1.82) is 0 Å². The first-order valence-corrected chi connectivity index (χ1v) is 9.10. The van der Waals surface area contributed by atoms with Gasteiger partial charge in [0.25, 0.3) is 5.91 Å². The predicted octanol–water partition coefficient (Wildman–Crippen LogP) is 2.39. The van der Waals surface area contributed by atoms with Crippen molar-refractivity contribution in [3.63, 3.8) is 0 Å². The van der Waals surface area contributed by atoms with Gasteiger partial charge in [-0.05, 0) is 44.9 Å². The van der Waals surface area contributed by atoms with E-state index in [-0.39, 0.29) is 24.2 Å². The molecule has 3 rings (SSSR count). The molecule has 2 amide bonds. The molecule has 6 heteroatoms. The Morgan fingerprint density at radius 3 is 2.73 bits per heavy atom. The van der Waals surface area contributed by atoms with Gasteiger partial charge < -0.3 is 15.5 Å². The fourth-order valence-corrected chi connectivity index (χ4v) is 3.60. The highest BCUT2D eigenvalue weighted by atomic mass is 35.5. The number of likely N-dealkylation sites (tertiary alicyclic amines) is 1. The average Bonchev–Trinajstić information content (AvgIpc) is 2.67. The van der Waals surface area contributed by atoms with Crippen LogP contribution < -0.4 is 10.6 Å². The minimum absolute atomic E-state index is 0. The van der Waals surface area contributed by atoms with Crippen LogP contribution in [0.15, 0.2) is 42.0 Å². The molecule has 1 atom stereocenters. The number of piperidine rings is 1. The lowest BCUT2D eigenvalue weighted by atomic mass is 9.80. The Labute approximate surface area is 161 Å². The van der Waals surface area contributed by atoms with Gasteiger partial charge in [0.1, 0.15) is 0 Å². The smallest absolute Gasteiger partial charge is 0.253 e. The maximum atomic E-state index is 12.8. The number of amides is 2. The van der Waals surface area contributed by atoms with Crippen LogP contribution in [0.1, 0.15) is 36.5 Å². The highest BCUT2D eigenvalue weighted by Gasteiger charge is 2.39. The molecular weight excluding hydrogens is 350 g/mol. The minimum Gasteiger partial charge on any atom is -0.352 e. The van der Waals surface area contributed by atoms with Crippen LogP contribution in [0.4, 0.5) is 0 Å². The van der Waals surface area contributed by atoms with Gasteiger partial charge in [0.05, 0.1) is 5.41 Å². The molecule has 0 radical (unpaired) electrons. The standard InChI is InChI=1S/C20H27N3O2.ClH/c1-20(19(25)22-14-16-8-11-21-12-9-16)10-5-13-23(15-20)18(24)17-6-3-2-4-7-17;/h2-4,6-8,21H,5,9-15H2,1H3,(H,22,25);1H. The number of carbonyl (C=O) groups excluding carboxylic acids is 2. The van der Waals surface area contributed by atoms with Crippen LogP contribution in [0.3, 0.4) is 0 Å². The fourth-order valence-electron chi connectivity index (χ4n) is 3.60. The van der Waals surface area contributed by atoms with Gasteiger partial charge in [-0.25, -0.2) is 0 Å². The molecule has 1 unspecified atom stereocenters. The zero-order chi connectivity index (χ0) is 17.7. The topological polar surface area (TPSA) is 61.4 Å². The summed E-state index contributed by atoms with van der Waals surface area (Å²) in [7, 11) is 0. The number of nitrogens with one attached hydrogen (secondary N) is 2. The Morgan fingerprint density at radius 1 is 1.27 bits per heavy atom. The van der Waals surface area contributed by atoms with Crippen molar-refractivity contribution < 1.29 is 9.59 Å². The largest absolute Gasteiger partial charge is 0.352 e. The molecule has 2 aliphatic rings. The number of halogens is 1. The highest BCUT2D eigenvalue weighted by Crippen LogP contribution is 2.30. The lowest BCUT2D eigenvalue weighted by molar-refractivity contribution is -0.132. The zero-order valence-electron chi connectivity index (χ0n) is 15.3. The molecular formula is C20H28ClN3O2. The van der Waals surface area contributed by atoms with E-state index in [9.17, 15) is 9.59 Å². The molecule has 1 aromatic carbocycles. The van der Waals surface area contributed by atoms with E-state index < -0.39 is 5.41 Å². The number of carbonyl (C=O) groups is 2. The number of hydrogen-bond donors (Lipinski definition) is 2. The van der Waals surface area contributed by atoms with Gasteiger partial charge in [-0.2, -0.15) is 0 Å². The summed E-state index contributed by atoms with van der Waals surface area (Å²) in [5.41, 5.74) is 1.45. The van der Waals surface area contributed by atoms with Crippen molar-refractivity contribution in [2.45, 2.75) is 26.2 Å². The summed E-state index contributed by atoms with van der Waals surface area (Å²) < 4.78 is 0. The molecule has 5 nitrogen and oxygen atoms in total. The molecule has 2 heterocycles. The second-order valence-electron chi connectivity index (χ2n) is 7.26. The Bertz CT molecular complexity index is 662. The molecule has 0 spiro atoms. The Balaban J connectivity index is 0.00000243. The van der Waals surface area contributed by atoms with Gasteiger partial charge in [-0.1, -0.05) is 29.8 Å². The van der Waals surface area contributed by atoms with Crippen molar-refractivity contribution >= 4 is 24.2 Å². The summed E-state index contributed by atoms with van der Waals surface area (Å²) in [6.45, 7) is 5.63. The molecule has 1 saturated heterocycles. The first kappa shape index (κ1) is 20.5. The van der Waals surface area contributed by atoms with Gasteiger partial charge in [0, 0.05) is 31.7 Å². The number of hydrogen-bond acceptors (Lipinski definition) is 3. The van der Waals surface area contributed by atoms with Crippen molar-refractivity contribution in [2.75, 3.05) is 32.7 Å². The Hall–Kier alpha value is -1.85. The average molecular weight is 378 g/mol. The number of benzene rings is 1. The van der Waals surface area contributed by atoms with E-state index in [1.165, 1.54) is 5.57 Å². The molecule has 2 N–H and O–H groups in total. The van der Waals surface area contributed by atoms with E-state index in [2.05, 4.69) is 16.7 Å². The lowest BCUT2D eigenvalue weighted by Crippen LogP contribution is -2.52. The molecule has 0 aromatic heterocycles. The maximum Gasteiger partial charge on any atom is 0.253 e. The third-order valence-corrected chi connectivity index (χ3v) is 5.19. The van der Waals surface area contributed by atoms with Crippen LogP contribution >= 0.6 is 12.4 Å². The van der Waals surface area contributed by atoms with Crippen molar-refractivity contribution in [1.82, 2.24) is 15.5 Å². The van der Waals surface area contributed by atoms with Gasteiger partial charge in [0.15, 0.2) is 0 Å². The van der Waals surface area contributed by atoms with Crippen LogP contribution in [0.2, 0.25) is 0 Å². The lowest BCUT2D eigenvalue weighted by Gasteiger charge is -2.39. The highest BCUT2D eigenvalue weighted by molar-refractivity contribution is 5.95. The van der Waals surface area contributed by atoms with E-state index in [1.54, 1.807) is 0 Å². The molecule has 1 aromatic rings. The quantitative estimate of drug-likeness (QED) is 0.792. The number of nitrogens with zero attached hydrogens (tertiary/aromatic N) is 1. The molecule has 2 aliphatic heterocycles. The van der Waals surface area contributed by atoms with Crippen LogP contribution in [-0.2, 0) is 4.79 Å². The normalized spacial score (nSPS) is 22.8. The van der Waals surface area contributed by atoms with Crippen molar-refractivity contribution in [2.24, 2.45) is 5.41 Å². The third-order valence-electron chi connectivity index (χ3n) is 5.19. The maximum absolute atomic E-state index is 12.8. The summed E-state index contributed by atoms with van der Waals surface area (Å²) in [6, 6.07) is 9.31. The molecule has 142 valence electrons. The second-order valence-corrected chi connectivity index (χ2v) is 7.26. The summed E-state index contributed by atoms with van der Waals surface area (Å²) in [5, 5.41) is 6.36. The first-order chi connectivity index (χ1) is 12.1. The molecule has 0 bridgehead atoms. The van der Waals surface area contributed by atoms with Gasteiger partial charge in [0.2, 0.25) is 5.91 Å². The van der Waals surface area contributed by atoms with E-state index in [4.69, 9.17) is 0 Å². The van der Waals surface area contributed by atoms with Crippen LogP contribution in [0, 0.1) is 5.41 Å². The summed E-state index contributed by atoms with van der Waals surface area (Å²) >= 11 is 0. The Kier molecular flexibility index (Phi) is 7.23. The first-order valence-electron chi connectivity index (χ1n) is 9.10. The predicted molar refractivity (Wildman–Crippen MR) is 106 cm³/mol. The summed E-state index contributed by atoms with van der Waals surface area (Å²) in [4.78, 5) is 27.3. The fraction of sp³-hybridized carbons (Fsp3) is 0.500.